The Labute approximate surface area is 153 Å². The Balaban J connectivity index is 1.90. The molecule has 0 radical (unpaired) electrons. The Hall–Kier alpha value is -2.73. The van der Waals surface area contributed by atoms with E-state index in [1.807, 2.05) is 6.92 Å². The second-order valence-electron chi connectivity index (χ2n) is 5.67. The van der Waals surface area contributed by atoms with Crippen LogP contribution in [0.25, 0.3) is 0 Å². The third-order valence-electron chi connectivity index (χ3n) is 3.89. The number of hydrogen-bond acceptors (Lipinski definition) is 5. The van der Waals surface area contributed by atoms with Gasteiger partial charge in [-0.1, -0.05) is 0 Å². The molecule has 1 amide bonds. The summed E-state index contributed by atoms with van der Waals surface area (Å²) in [7, 11) is 3.10. The van der Waals surface area contributed by atoms with Gasteiger partial charge in [0.1, 0.15) is 17.2 Å². The lowest BCUT2D eigenvalue weighted by atomic mass is 10.0. The van der Waals surface area contributed by atoms with Crippen LogP contribution in [-0.2, 0) is 4.79 Å². The van der Waals surface area contributed by atoms with Crippen LogP contribution in [0, 0.1) is 0 Å². The third kappa shape index (κ3) is 5.39. The molecular formula is C20H25NO5. The number of rotatable bonds is 9. The minimum atomic E-state index is -0.804. The molecule has 2 N–H and O–H groups in total. The summed E-state index contributed by atoms with van der Waals surface area (Å²) in [5, 5.41) is 13.2. The molecule has 0 aliphatic rings. The van der Waals surface area contributed by atoms with Crippen molar-refractivity contribution in [2.24, 2.45) is 0 Å². The maximum absolute atomic E-state index is 12.1. The highest BCUT2D eigenvalue weighted by atomic mass is 16.5. The minimum absolute atomic E-state index is 0.166. The first-order chi connectivity index (χ1) is 12.6. The quantitative estimate of drug-likeness (QED) is 0.716. The fourth-order valence-corrected chi connectivity index (χ4v) is 2.54. The van der Waals surface area contributed by atoms with Crippen molar-refractivity contribution in [3.05, 3.63) is 48.0 Å². The van der Waals surface area contributed by atoms with Crippen LogP contribution in [0.4, 0.5) is 5.69 Å². The molecule has 0 saturated heterocycles. The van der Waals surface area contributed by atoms with E-state index < -0.39 is 6.10 Å². The molecule has 0 saturated carbocycles. The lowest BCUT2D eigenvalue weighted by Gasteiger charge is -2.15. The number of methoxy groups -OCH3 is 2. The number of aliphatic hydroxyl groups is 1. The average molecular weight is 359 g/mol. The molecule has 0 heterocycles. The highest BCUT2D eigenvalue weighted by Crippen LogP contribution is 2.31. The van der Waals surface area contributed by atoms with E-state index in [1.165, 1.54) is 7.11 Å². The van der Waals surface area contributed by atoms with Crippen LogP contribution < -0.4 is 19.5 Å². The molecule has 0 aromatic heterocycles. The van der Waals surface area contributed by atoms with Crippen LogP contribution in [0.3, 0.4) is 0 Å². The Morgan fingerprint density at radius 2 is 1.77 bits per heavy atom. The Kier molecular flexibility index (Phi) is 7.29. The molecule has 0 aliphatic carbocycles. The van der Waals surface area contributed by atoms with E-state index >= 15 is 0 Å². The molecule has 1 atom stereocenters. The molecule has 140 valence electrons. The van der Waals surface area contributed by atoms with Crippen LogP contribution >= 0.6 is 0 Å². The second-order valence-corrected chi connectivity index (χ2v) is 5.67. The lowest BCUT2D eigenvalue weighted by molar-refractivity contribution is -0.116. The molecule has 1 unspecified atom stereocenters. The molecule has 2 aromatic carbocycles. The second kappa shape index (κ2) is 9.68. The molecule has 26 heavy (non-hydrogen) atoms. The van der Waals surface area contributed by atoms with Crippen molar-refractivity contribution >= 4 is 11.6 Å². The highest BCUT2D eigenvalue weighted by molar-refractivity contribution is 5.90. The number of carbonyl (C=O) groups is 1. The largest absolute Gasteiger partial charge is 0.497 e. The van der Waals surface area contributed by atoms with Gasteiger partial charge in [0.05, 0.1) is 26.9 Å². The van der Waals surface area contributed by atoms with Gasteiger partial charge in [-0.2, -0.15) is 0 Å². The molecule has 0 spiro atoms. The van der Waals surface area contributed by atoms with Crippen molar-refractivity contribution in [1.82, 2.24) is 0 Å². The van der Waals surface area contributed by atoms with Crippen LogP contribution in [0.5, 0.6) is 17.2 Å². The van der Waals surface area contributed by atoms with Gasteiger partial charge in [-0.15, -0.1) is 0 Å². The fraction of sp³-hybridized carbons (Fsp3) is 0.350. The minimum Gasteiger partial charge on any atom is -0.497 e. The number of ether oxygens (including phenoxy) is 3. The van der Waals surface area contributed by atoms with E-state index in [2.05, 4.69) is 5.32 Å². The number of benzene rings is 2. The molecule has 2 rings (SSSR count). The maximum Gasteiger partial charge on any atom is 0.224 e. The molecule has 6 heteroatoms. The number of aliphatic hydroxyl groups excluding tert-OH is 1. The van der Waals surface area contributed by atoms with E-state index in [1.54, 1.807) is 49.6 Å². The number of nitrogens with one attached hydrogen (secondary N) is 1. The number of anilines is 1. The number of hydrogen-bond donors (Lipinski definition) is 2. The van der Waals surface area contributed by atoms with Gasteiger partial charge in [0, 0.05) is 23.7 Å². The zero-order valence-electron chi connectivity index (χ0n) is 15.3. The van der Waals surface area contributed by atoms with Gasteiger partial charge in [-0.25, -0.2) is 0 Å². The van der Waals surface area contributed by atoms with Crippen molar-refractivity contribution in [3.63, 3.8) is 0 Å². The number of amides is 1. The molecule has 0 aliphatic heterocycles. The van der Waals surface area contributed by atoms with Crippen molar-refractivity contribution in [1.29, 1.82) is 0 Å². The lowest BCUT2D eigenvalue weighted by Crippen LogP contribution is -2.13. The fourth-order valence-electron chi connectivity index (χ4n) is 2.54. The zero-order valence-corrected chi connectivity index (χ0v) is 15.3. The van der Waals surface area contributed by atoms with Gasteiger partial charge in [0.2, 0.25) is 5.91 Å². The first-order valence-corrected chi connectivity index (χ1v) is 8.50. The number of carbonyl (C=O) groups excluding carboxylic acids is 1. The Morgan fingerprint density at radius 1 is 1.08 bits per heavy atom. The van der Waals surface area contributed by atoms with Crippen LogP contribution in [0.15, 0.2) is 42.5 Å². The monoisotopic (exact) mass is 359 g/mol. The van der Waals surface area contributed by atoms with Crippen molar-refractivity contribution < 1.29 is 24.1 Å². The van der Waals surface area contributed by atoms with Crippen LogP contribution in [0.2, 0.25) is 0 Å². The van der Waals surface area contributed by atoms with E-state index in [0.717, 1.165) is 5.75 Å². The molecule has 0 fully saturated rings. The average Bonchev–Trinajstić information content (AvgIpc) is 2.67. The predicted octanol–water partition coefficient (Wildman–Crippen LogP) is 3.55. The predicted molar refractivity (Wildman–Crippen MR) is 100.0 cm³/mol. The van der Waals surface area contributed by atoms with Crippen molar-refractivity contribution in [2.45, 2.75) is 25.9 Å². The van der Waals surface area contributed by atoms with E-state index in [9.17, 15) is 9.90 Å². The summed E-state index contributed by atoms with van der Waals surface area (Å²) in [5.41, 5.74) is 1.32. The zero-order chi connectivity index (χ0) is 18.9. The normalized spacial score (nSPS) is 11.5. The van der Waals surface area contributed by atoms with Gasteiger partial charge >= 0.3 is 0 Å². The summed E-state index contributed by atoms with van der Waals surface area (Å²) in [5.74, 6) is 1.77. The molecule has 6 nitrogen and oxygen atoms in total. The van der Waals surface area contributed by atoms with Gasteiger partial charge in [0.15, 0.2) is 0 Å². The van der Waals surface area contributed by atoms with Gasteiger partial charge in [-0.3, -0.25) is 4.79 Å². The summed E-state index contributed by atoms with van der Waals surface area (Å²) < 4.78 is 15.8. The summed E-state index contributed by atoms with van der Waals surface area (Å²) in [6.45, 7) is 2.51. The SMILES string of the molecule is CCOc1ccc(NC(=O)CCC(O)c2ccc(OC)cc2OC)cc1. The Morgan fingerprint density at radius 3 is 2.38 bits per heavy atom. The Bertz CT molecular complexity index is 715. The van der Waals surface area contributed by atoms with Crippen molar-refractivity contribution in [2.75, 3.05) is 26.1 Å². The molecular weight excluding hydrogens is 334 g/mol. The van der Waals surface area contributed by atoms with Gasteiger partial charge < -0.3 is 24.6 Å². The molecule has 2 aromatic rings. The standard InChI is InChI=1S/C20H25NO5/c1-4-26-15-7-5-14(6-8-15)21-20(23)12-11-18(22)17-10-9-16(24-2)13-19(17)25-3/h5-10,13,18,22H,4,11-12H2,1-3H3,(H,21,23). The summed E-state index contributed by atoms with van der Waals surface area (Å²) in [6.07, 6.45) is -0.336. The van der Waals surface area contributed by atoms with E-state index in [0.29, 0.717) is 29.4 Å². The van der Waals surface area contributed by atoms with E-state index in [-0.39, 0.29) is 18.7 Å². The first-order valence-electron chi connectivity index (χ1n) is 8.50. The first kappa shape index (κ1) is 19.6. The highest BCUT2D eigenvalue weighted by Gasteiger charge is 2.16. The van der Waals surface area contributed by atoms with Crippen LogP contribution in [-0.4, -0.2) is 31.8 Å². The summed E-state index contributed by atoms with van der Waals surface area (Å²) in [4.78, 5) is 12.1. The van der Waals surface area contributed by atoms with Gasteiger partial charge in [0.25, 0.3) is 0 Å². The summed E-state index contributed by atoms with van der Waals surface area (Å²) >= 11 is 0. The van der Waals surface area contributed by atoms with Crippen LogP contribution in [0.1, 0.15) is 31.4 Å². The third-order valence-corrected chi connectivity index (χ3v) is 3.89. The van der Waals surface area contributed by atoms with Crippen molar-refractivity contribution in [3.8, 4) is 17.2 Å². The van der Waals surface area contributed by atoms with Gasteiger partial charge in [-0.05, 0) is 49.7 Å². The maximum atomic E-state index is 12.1. The molecule has 0 bridgehead atoms. The smallest absolute Gasteiger partial charge is 0.224 e. The topological polar surface area (TPSA) is 77.0 Å². The summed E-state index contributed by atoms with van der Waals surface area (Å²) in [6, 6.07) is 12.4. The van der Waals surface area contributed by atoms with E-state index in [4.69, 9.17) is 14.2 Å².